The van der Waals surface area contributed by atoms with Crippen molar-refractivity contribution in [3.8, 4) is 11.5 Å². The average molecular weight is 407 g/mol. The molecular weight excluding hydrogens is 391 g/mol. The lowest BCUT2D eigenvalue weighted by Gasteiger charge is -2.11. The molecule has 0 bridgehead atoms. The number of rotatable bonds is 7. The first-order valence-electron chi connectivity index (χ1n) is 8.17. The number of aromatic nitrogens is 1. The molecule has 5 nitrogen and oxygen atoms in total. The molecule has 2 aromatic carbocycles. The Morgan fingerprint density at radius 3 is 2.50 bits per heavy atom. The molecular formula is C19H16F3N3O2S. The molecule has 0 spiro atoms. The molecule has 0 saturated carbocycles. The van der Waals surface area contributed by atoms with Crippen LogP contribution < -0.4 is 14.9 Å². The molecule has 9 heteroatoms. The van der Waals surface area contributed by atoms with Crippen LogP contribution in [0.2, 0.25) is 0 Å². The van der Waals surface area contributed by atoms with Gasteiger partial charge in [-0.1, -0.05) is 24.3 Å². The number of alkyl halides is 3. The summed E-state index contributed by atoms with van der Waals surface area (Å²) in [6.45, 7) is 2.14. The molecule has 3 aromatic rings. The lowest BCUT2D eigenvalue weighted by Crippen LogP contribution is -2.16. The van der Waals surface area contributed by atoms with Crippen molar-refractivity contribution in [2.24, 2.45) is 5.10 Å². The van der Waals surface area contributed by atoms with Gasteiger partial charge in [-0.15, -0.1) is 24.5 Å². The van der Waals surface area contributed by atoms with E-state index in [1.54, 1.807) is 6.21 Å². The van der Waals surface area contributed by atoms with Gasteiger partial charge < -0.3 is 9.47 Å². The van der Waals surface area contributed by atoms with Crippen LogP contribution >= 0.6 is 11.3 Å². The third-order valence-electron chi connectivity index (χ3n) is 3.49. The van der Waals surface area contributed by atoms with Crippen LogP contribution in [0.25, 0.3) is 0 Å². The first-order valence-corrected chi connectivity index (χ1v) is 9.05. The molecule has 1 heterocycles. The van der Waals surface area contributed by atoms with E-state index < -0.39 is 6.36 Å². The van der Waals surface area contributed by atoms with Gasteiger partial charge in [0, 0.05) is 10.9 Å². The van der Waals surface area contributed by atoms with Crippen LogP contribution in [0.4, 0.5) is 18.3 Å². The second-order valence-corrected chi connectivity index (χ2v) is 6.53. The summed E-state index contributed by atoms with van der Waals surface area (Å²) in [5, 5.41) is 6.80. The molecule has 1 aromatic heterocycles. The summed E-state index contributed by atoms with van der Waals surface area (Å²) < 4.78 is 46.1. The fraction of sp³-hybridized carbons (Fsp3) is 0.158. The Morgan fingerprint density at radius 2 is 1.82 bits per heavy atom. The first-order chi connectivity index (χ1) is 13.4. The van der Waals surface area contributed by atoms with Crippen molar-refractivity contribution in [3.63, 3.8) is 0 Å². The number of benzene rings is 2. The molecule has 0 aliphatic rings. The summed E-state index contributed by atoms with van der Waals surface area (Å²) in [6, 6.07) is 12.8. The van der Waals surface area contributed by atoms with E-state index in [4.69, 9.17) is 4.74 Å². The number of hydrazone groups is 1. The molecule has 0 fully saturated rings. The number of thiazole rings is 1. The molecule has 0 amide bonds. The quantitative estimate of drug-likeness (QED) is 0.422. The molecule has 3 rings (SSSR count). The maximum absolute atomic E-state index is 12.2. The number of nitrogens with zero attached hydrogens (tertiary/aromatic N) is 2. The number of hydrogen-bond donors (Lipinski definition) is 1. The fourth-order valence-corrected chi connectivity index (χ4v) is 2.89. The molecule has 0 aliphatic carbocycles. The lowest BCUT2D eigenvalue weighted by atomic mass is 10.1. The Balaban J connectivity index is 1.60. The molecule has 0 saturated heterocycles. The zero-order valence-corrected chi connectivity index (χ0v) is 15.6. The number of anilines is 1. The predicted molar refractivity (Wildman–Crippen MR) is 102 cm³/mol. The van der Waals surface area contributed by atoms with E-state index in [0.29, 0.717) is 10.9 Å². The van der Waals surface area contributed by atoms with Gasteiger partial charge in [0.2, 0.25) is 5.13 Å². The van der Waals surface area contributed by atoms with E-state index in [2.05, 4.69) is 20.2 Å². The Labute approximate surface area is 163 Å². The highest BCUT2D eigenvalue weighted by molar-refractivity contribution is 7.13. The molecule has 1 N–H and O–H groups in total. The molecule has 0 aliphatic heterocycles. The predicted octanol–water partition coefficient (Wildman–Crippen LogP) is 5.38. The summed E-state index contributed by atoms with van der Waals surface area (Å²) in [7, 11) is 0. The average Bonchev–Trinajstić information content (AvgIpc) is 3.06. The summed E-state index contributed by atoms with van der Waals surface area (Å²) in [5.74, 6) is 0.133. The minimum atomic E-state index is -4.72. The van der Waals surface area contributed by atoms with Gasteiger partial charge in [-0.05, 0) is 36.8 Å². The zero-order valence-electron chi connectivity index (χ0n) is 14.7. The van der Waals surface area contributed by atoms with Crippen molar-refractivity contribution in [3.05, 3.63) is 70.7 Å². The van der Waals surface area contributed by atoms with Gasteiger partial charge >= 0.3 is 6.36 Å². The fourth-order valence-electron chi connectivity index (χ4n) is 2.25. The second-order valence-electron chi connectivity index (χ2n) is 5.67. The molecule has 28 heavy (non-hydrogen) atoms. The van der Waals surface area contributed by atoms with E-state index in [1.807, 2.05) is 36.6 Å². The van der Waals surface area contributed by atoms with Gasteiger partial charge in [-0.3, -0.25) is 5.43 Å². The van der Waals surface area contributed by atoms with Gasteiger partial charge in [-0.25, -0.2) is 4.98 Å². The van der Waals surface area contributed by atoms with E-state index in [0.717, 1.165) is 16.8 Å². The Kier molecular flexibility index (Phi) is 6.15. The number of halogens is 3. The second kappa shape index (κ2) is 8.75. The van der Waals surface area contributed by atoms with E-state index in [1.165, 1.54) is 35.6 Å². The van der Waals surface area contributed by atoms with Crippen LogP contribution in [0.3, 0.4) is 0 Å². The zero-order chi connectivity index (χ0) is 20.0. The Morgan fingerprint density at radius 1 is 1.11 bits per heavy atom. The van der Waals surface area contributed by atoms with E-state index in [9.17, 15) is 13.2 Å². The van der Waals surface area contributed by atoms with Gasteiger partial charge in [0.1, 0.15) is 18.1 Å². The van der Waals surface area contributed by atoms with Gasteiger partial charge in [0.25, 0.3) is 0 Å². The standard InChI is InChI=1S/C19H16F3N3O2S/c1-13-12-28-18(24-13)25-23-10-14-4-2-3-5-15(14)11-26-16-6-8-17(9-7-16)27-19(20,21)22/h2-10,12H,11H2,1H3,(H,24,25). The van der Waals surface area contributed by atoms with Crippen molar-refractivity contribution >= 4 is 22.7 Å². The summed E-state index contributed by atoms with van der Waals surface area (Å²) in [5.41, 5.74) is 5.51. The van der Waals surface area contributed by atoms with Gasteiger partial charge in [-0.2, -0.15) is 5.10 Å². The molecule has 0 atom stereocenters. The largest absolute Gasteiger partial charge is 0.573 e. The van der Waals surface area contributed by atoms with Crippen molar-refractivity contribution < 1.29 is 22.6 Å². The molecule has 0 radical (unpaired) electrons. The third-order valence-corrected chi connectivity index (χ3v) is 4.35. The van der Waals surface area contributed by atoms with Crippen molar-refractivity contribution in [2.45, 2.75) is 19.9 Å². The van der Waals surface area contributed by atoms with Crippen LogP contribution in [-0.2, 0) is 6.61 Å². The van der Waals surface area contributed by atoms with Crippen LogP contribution in [0, 0.1) is 6.92 Å². The normalized spacial score (nSPS) is 11.6. The third kappa shape index (κ3) is 5.98. The number of ether oxygens (including phenoxy) is 2. The Bertz CT molecular complexity index is 940. The Hall–Kier alpha value is -3.07. The monoisotopic (exact) mass is 407 g/mol. The maximum atomic E-state index is 12.2. The van der Waals surface area contributed by atoms with Crippen molar-refractivity contribution in [2.75, 3.05) is 5.43 Å². The van der Waals surface area contributed by atoms with Crippen LogP contribution in [0.5, 0.6) is 11.5 Å². The highest BCUT2D eigenvalue weighted by atomic mass is 32.1. The van der Waals surface area contributed by atoms with E-state index in [-0.39, 0.29) is 12.4 Å². The molecule has 0 unspecified atom stereocenters. The van der Waals surface area contributed by atoms with Gasteiger partial charge in [0.05, 0.1) is 11.9 Å². The van der Waals surface area contributed by atoms with Crippen LogP contribution in [-0.4, -0.2) is 17.6 Å². The van der Waals surface area contributed by atoms with Crippen LogP contribution in [0.15, 0.2) is 59.0 Å². The number of hydrogen-bond acceptors (Lipinski definition) is 6. The SMILES string of the molecule is Cc1csc(NN=Cc2ccccc2COc2ccc(OC(F)(F)F)cc2)n1. The van der Waals surface area contributed by atoms with Crippen molar-refractivity contribution in [1.82, 2.24) is 4.98 Å². The first kappa shape index (κ1) is 19.7. The summed E-state index contributed by atoms with van der Waals surface area (Å²) >= 11 is 1.46. The van der Waals surface area contributed by atoms with Crippen LogP contribution in [0.1, 0.15) is 16.8 Å². The smallest absolute Gasteiger partial charge is 0.489 e. The topological polar surface area (TPSA) is 55.7 Å². The lowest BCUT2D eigenvalue weighted by molar-refractivity contribution is -0.274. The maximum Gasteiger partial charge on any atom is 0.573 e. The number of nitrogens with one attached hydrogen (secondary N) is 1. The minimum absolute atomic E-state index is 0.234. The van der Waals surface area contributed by atoms with E-state index >= 15 is 0 Å². The highest BCUT2D eigenvalue weighted by Crippen LogP contribution is 2.25. The van der Waals surface area contributed by atoms with Gasteiger partial charge in [0.15, 0.2) is 0 Å². The molecule has 146 valence electrons. The minimum Gasteiger partial charge on any atom is -0.489 e. The summed E-state index contributed by atoms with van der Waals surface area (Å²) in [4.78, 5) is 4.26. The number of aryl methyl sites for hydroxylation is 1. The summed E-state index contributed by atoms with van der Waals surface area (Å²) in [6.07, 6.45) is -3.05. The highest BCUT2D eigenvalue weighted by Gasteiger charge is 2.30. The van der Waals surface area contributed by atoms with Crippen molar-refractivity contribution in [1.29, 1.82) is 0 Å².